The summed E-state index contributed by atoms with van der Waals surface area (Å²) >= 11 is 0. The van der Waals surface area contributed by atoms with E-state index in [1.807, 2.05) is 12.1 Å². The molecule has 26 heavy (non-hydrogen) atoms. The third-order valence-corrected chi connectivity index (χ3v) is 5.71. The maximum atomic E-state index is 13.1. The highest BCUT2D eigenvalue weighted by atomic mass is 16.2. The van der Waals surface area contributed by atoms with E-state index < -0.39 is 5.54 Å². The lowest BCUT2D eigenvalue weighted by Crippen LogP contribution is -2.55. The van der Waals surface area contributed by atoms with Crippen molar-refractivity contribution in [2.45, 2.75) is 45.1 Å². The zero-order valence-corrected chi connectivity index (χ0v) is 16.1. The van der Waals surface area contributed by atoms with Gasteiger partial charge in [-0.15, -0.1) is 0 Å². The standard InChI is InChI=1S/C20H30N4O2/c1-16(2)15-23-13-8-20(9-14-23)18(25)24(19(26)22(20)3)12-4-5-17-6-10-21-11-7-17/h6-7,10-11,16H,4-5,8-9,12-15H2,1-3H3. The van der Waals surface area contributed by atoms with E-state index in [9.17, 15) is 9.59 Å². The number of likely N-dealkylation sites (N-methyl/N-ethyl adjacent to an activating group) is 1. The molecule has 3 heterocycles. The number of piperidine rings is 1. The molecule has 6 heteroatoms. The predicted octanol–water partition coefficient (Wildman–Crippen LogP) is 2.40. The topological polar surface area (TPSA) is 56.8 Å². The van der Waals surface area contributed by atoms with E-state index in [1.165, 1.54) is 10.5 Å². The molecule has 1 spiro atoms. The minimum absolute atomic E-state index is 0.00363. The van der Waals surface area contributed by atoms with Crippen LogP contribution < -0.4 is 0 Å². The van der Waals surface area contributed by atoms with Gasteiger partial charge in [0.1, 0.15) is 5.54 Å². The minimum atomic E-state index is -0.624. The number of urea groups is 1. The van der Waals surface area contributed by atoms with Gasteiger partial charge in [-0.2, -0.15) is 0 Å². The van der Waals surface area contributed by atoms with Crippen molar-refractivity contribution in [3.8, 4) is 0 Å². The van der Waals surface area contributed by atoms with Crippen LogP contribution in [0, 0.1) is 5.92 Å². The number of pyridine rings is 1. The monoisotopic (exact) mass is 358 g/mol. The molecule has 2 aliphatic rings. The Morgan fingerprint density at radius 2 is 1.81 bits per heavy atom. The Bertz CT molecular complexity index is 638. The second-order valence-corrected chi connectivity index (χ2v) is 7.98. The SMILES string of the molecule is CC(C)CN1CCC2(CC1)C(=O)N(CCCc1ccncc1)C(=O)N2C. The second-order valence-electron chi connectivity index (χ2n) is 7.98. The number of amides is 3. The number of imide groups is 1. The van der Waals surface area contributed by atoms with Crippen LogP contribution in [0.4, 0.5) is 4.79 Å². The molecule has 0 unspecified atom stereocenters. The highest BCUT2D eigenvalue weighted by molar-refractivity contribution is 6.07. The molecule has 3 rings (SSSR count). The summed E-state index contributed by atoms with van der Waals surface area (Å²) in [5.41, 5.74) is 0.561. The van der Waals surface area contributed by atoms with Gasteiger partial charge in [0.15, 0.2) is 0 Å². The number of hydrogen-bond donors (Lipinski definition) is 0. The van der Waals surface area contributed by atoms with Gasteiger partial charge < -0.3 is 9.80 Å². The lowest BCUT2D eigenvalue weighted by Gasteiger charge is -2.41. The first-order chi connectivity index (χ1) is 12.4. The number of hydrogen-bond acceptors (Lipinski definition) is 4. The van der Waals surface area contributed by atoms with Crippen LogP contribution in [0.5, 0.6) is 0 Å². The molecule has 142 valence electrons. The van der Waals surface area contributed by atoms with E-state index in [1.54, 1.807) is 24.3 Å². The Balaban J connectivity index is 1.60. The van der Waals surface area contributed by atoms with Crippen molar-refractivity contribution >= 4 is 11.9 Å². The average molecular weight is 358 g/mol. The number of carbonyl (C=O) groups excluding carboxylic acids is 2. The summed E-state index contributed by atoms with van der Waals surface area (Å²) in [7, 11) is 1.79. The molecule has 1 aromatic rings. The maximum Gasteiger partial charge on any atom is 0.327 e. The summed E-state index contributed by atoms with van der Waals surface area (Å²) in [6.07, 6.45) is 6.65. The predicted molar refractivity (Wildman–Crippen MR) is 101 cm³/mol. The van der Waals surface area contributed by atoms with Gasteiger partial charge >= 0.3 is 6.03 Å². The van der Waals surface area contributed by atoms with Gasteiger partial charge in [-0.3, -0.25) is 14.7 Å². The first-order valence-corrected chi connectivity index (χ1v) is 9.65. The lowest BCUT2D eigenvalue weighted by molar-refractivity contribution is -0.135. The normalized spacial score (nSPS) is 20.6. The van der Waals surface area contributed by atoms with Gasteiger partial charge in [-0.1, -0.05) is 13.8 Å². The van der Waals surface area contributed by atoms with Gasteiger partial charge in [0, 0.05) is 45.6 Å². The van der Waals surface area contributed by atoms with E-state index in [2.05, 4.69) is 23.7 Å². The summed E-state index contributed by atoms with van der Waals surface area (Å²) in [6, 6.07) is 3.82. The van der Waals surface area contributed by atoms with Crippen LogP contribution in [0.15, 0.2) is 24.5 Å². The van der Waals surface area contributed by atoms with Gasteiger partial charge in [0.2, 0.25) is 0 Å². The number of nitrogens with zero attached hydrogens (tertiary/aromatic N) is 4. The molecule has 2 fully saturated rings. The quantitative estimate of drug-likeness (QED) is 0.733. The van der Waals surface area contributed by atoms with Gasteiger partial charge in [0.05, 0.1) is 0 Å². The van der Waals surface area contributed by atoms with Crippen molar-refractivity contribution in [3.63, 3.8) is 0 Å². The molecule has 6 nitrogen and oxygen atoms in total. The molecule has 0 radical (unpaired) electrons. The van der Waals surface area contributed by atoms with Crippen LogP contribution >= 0.6 is 0 Å². The van der Waals surface area contributed by atoms with E-state index in [0.29, 0.717) is 12.5 Å². The molecule has 3 amide bonds. The van der Waals surface area contributed by atoms with Crippen molar-refractivity contribution < 1.29 is 9.59 Å². The summed E-state index contributed by atoms with van der Waals surface area (Å²) in [4.78, 5) is 35.4. The van der Waals surface area contributed by atoms with Crippen molar-refractivity contribution in [2.75, 3.05) is 33.2 Å². The minimum Gasteiger partial charge on any atom is -0.312 e. The van der Waals surface area contributed by atoms with Crippen LogP contribution in [0.2, 0.25) is 0 Å². The Kier molecular flexibility index (Phi) is 5.61. The van der Waals surface area contributed by atoms with Crippen LogP contribution in [0.1, 0.15) is 38.7 Å². The van der Waals surface area contributed by atoms with E-state index in [4.69, 9.17) is 0 Å². The van der Waals surface area contributed by atoms with Crippen LogP contribution in [0.3, 0.4) is 0 Å². The Morgan fingerprint density at radius 1 is 1.15 bits per heavy atom. The van der Waals surface area contributed by atoms with Crippen molar-refractivity contribution in [1.82, 2.24) is 19.7 Å². The second kappa shape index (κ2) is 7.74. The summed E-state index contributed by atoms with van der Waals surface area (Å²) in [6.45, 7) is 7.73. The molecule has 1 aromatic heterocycles. The van der Waals surface area contributed by atoms with Crippen LogP contribution in [-0.4, -0.2) is 70.4 Å². The first-order valence-electron chi connectivity index (χ1n) is 9.65. The van der Waals surface area contributed by atoms with Gasteiger partial charge in [-0.25, -0.2) is 4.79 Å². The molecule has 0 bridgehead atoms. The van der Waals surface area contributed by atoms with E-state index >= 15 is 0 Å². The van der Waals surface area contributed by atoms with Gasteiger partial charge in [0.25, 0.3) is 5.91 Å². The molecule has 0 atom stereocenters. The summed E-state index contributed by atoms with van der Waals surface area (Å²) in [5, 5.41) is 0. The molecule has 2 saturated heterocycles. The molecule has 0 aliphatic carbocycles. The molecular formula is C20H30N4O2. The average Bonchev–Trinajstić information content (AvgIpc) is 2.80. The zero-order valence-electron chi connectivity index (χ0n) is 16.1. The smallest absolute Gasteiger partial charge is 0.312 e. The highest BCUT2D eigenvalue weighted by Crippen LogP contribution is 2.36. The Labute approximate surface area is 156 Å². The summed E-state index contributed by atoms with van der Waals surface area (Å²) < 4.78 is 0. The van der Waals surface area contributed by atoms with Crippen molar-refractivity contribution in [3.05, 3.63) is 30.1 Å². The highest BCUT2D eigenvalue weighted by Gasteiger charge is 2.56. The Hall–Kier alpha value is -1.95. The third kappa shape index (κ3) is 3.61. The van der Waals surface area contributed by atoms with Crippen molar-refractivity contribution in [2.24, 2.45) is 5.92 Å². The van der Waals surface area contributed by atoms with Gasteiger partial charge in [-0.05, 0) is 49.3 Å². The zero-order chi connectivity index (χ0) is 18.7. The number of aromatic nitrogens is 1. The molecular weight excluding hydrogens is 328 g/mol. The molecule has 0 saturated carbocycles. The Morgan fingerprint density at radius 3 is 2.42 bits per heavy atom. The van der Waals surface area contributed by atoms with E-state index in [-0.39, 0.29) is 11.9 Å². The largest absolute Gasteiger partial charge is 0.327 e. The van der Waals surface area contributed by atoms with Crippen molar-refractivity contribution in [1.29, 1.82) is 0 Å². The third-order valence-electron chi connectivity index (χ3n) is 5.71. The van der Waals surface area contributed by atoms with E-state index in [0.717, 1.165) is 45.3 Å². The fourth-order valence-corrected chi connectivity index (χ4v) is 4.20. The van der Waals surface area contributed by atoms with Crippen LogP contribution in [-0.2, 0) is 11.2 Å². The number of rotatable bonds is 6. The number of likely N-dealkylation sites (tertiary alicyclic amines) is 1. The number of aryl methyl sites for hydroxylation is 1. The van der Waals surface area contributed by atoms with Crippen LogP contribution in [0.25, 0.3) is 0 Å². The first kappa shape index (κ1) is 18.8. The molecule has 2 aliphatic heterocycles. The molecule has 0 N–H and O–H groups in total. The fraction of sp³-hybridized carbons (Fsp3) is 0.650. The number of carbonyl (C=O) groups is 2. The fourth-order valence-electron chi connectivity index (χ4n) is 4.20. The maximum absolute atomic E-state index is 13.1. The lowest BCUT2D eigenvalue weighted by atomic mass is 9.86. The summed E-state index contributed by atoms with van der Waals surface area (Å²) in [5.74, 6) is 0.622. The molecule has 0 aromatic carbocycles.